The minimum Gasteiger partial charge on any atom is -0.422 e. The van der Waals surface area contributed by atoms with Gasteiger partial charge in [0.1, 0.15) is 5.75 Å². The molecule has 0 spiro atoms. The van der Waals surface area contributed by atoms with Crippen LogP contribution in [-0.4, -0.2) is 24.6 Å². The summed E-state index contributed by atoms with van der Waals surface area (Å²) < 4.78 is 6.24. The number of carbonyl (C=O) groups is 2. The lowest BCUT2D eigenvalue weighted by Crippen LogP contribution is -2.25. The van der Waals surface area contributed by atoms with Crippen LogP contribution in [0.1, 0.15) is 21.5 Å². The fourth-order valence-electron chi connectivity index (χ4n) is 2.56. The van der Waals surface area contributed by atoms with Crippen LogP contribution < -0.4 is 15.5 Å². The maximum absolute atomic E-state index is 12.5. The Bertz CT molecular complexity index is 1120. The van der Waals surface area contributed by atoms with E-state index in [2.05, 4.69) is 31.8 Å². The summed E-state index contributed by atoms with van der Waals surface area (Å²) in [6, 6.07) is 19.4. The van der Waals surface area contributed by atoms with Crippen molar-refractivity contribution in [1.82, 2.24) is 5.43 Å². The molecule has 3 aromatic carbocycles. The predicted octanol–water partition coefficient (Wildman–Crippen LogP) is 5.19. The van der Waals surface area contributed by atoms with Gasteiger partial charge in [-0.15, -0.1) is 0 Å². The number of carbonyl (C=O) groups excluding carboxylic acids is 2. The molecule has 2 N–H and O–H groups in total. The molecule has 0 saturated carbocycles. The van der Waals surface area contributed by atoms with Crippen molar-refractivity contribution in [2.24, 2.45) is 5.10 Å². The summed E-state index contributed by atoms with van der Waals surface area (Å²) >= 11 is 9.44. The van der Waals surface area contributed by atoms with Crippen LogP contribution in [-0.2, 0) is 4.79 Å². The van der Waals surface area contributed by atoms with Gasteiger partial charge in [0, 0.05) is 15.7 Å². The number of rotatable bonds is 7. The average molecular weight is 501 g/mol. The second-order valence-corrected chi connectivity index (χ2v) is 7.89. The number of anilines is 1. The molecule has 0 saturated heterocycles. The molecule has 3 aromatic rings. The monoisotopic (exact) mass is 499 g/mol. The van der Waals surface area contributed by atoms with Gasteiger partial charge in [-0.2, -0.15) is 5.10 Å². The van der Waals surface area contributed by atoms with Gasteiger partial charge in [-0.05, 0) is 49.4 Å². The molecule has 0 bridgehead atoms. The lowest BCUT2D eigenvalue weighted by molar-refractivity contribution is -0.119. The fourth-order valence-corrected chi connectivity index (χ4v) is 3.15. The van der Waals surface area contributed by atoms with Crippen molar-refractivity contribution in [2.45, 2.75) is 6.92 Å². The predicted molar refractivity (Wildman–Crippen MR) is 126 cm³/mol. The smallest absolute Gasteiger partial charge is 0.345 e. The number of hydrogen-bond donors (Lipinski definition) is 2. The van der Waals surface area contributed by atoms with E-state index < -0.39 is 5.97 Å². The van der Waals surface area contributed by atoms with E-state index in [1.165, 1.54) is 6.21 Å². The minimum absolute atomic E-state index is 0.0627. The van der Waals surface area contributed by atoms with E-state index >= 15 is 0 Å². The first-order valence-corrected chi connectivity index (χ1v) is 10.5. The molecule has 0 aromatic heterocycles. The number of nitrogens with zero attached hydrogens (tertiary/aromatic N) is 1. The lowest BCUT2D eigenvalue weighted by atomic mass is 10.2. The first-order valence-electron chi connectivity index (χ1n) is 9.31. The summed E-state index contributed by atoms with van der Waals surface area (Å²) in [7, 11) is 0. The summed E-state index contributed by atoms with van der Waals surface area (Å²) in [5, 5.41) is 7.28. The van der Waals surface area contributed by atoms with Crippen LogP contribution in [0, 0.1) is 6.92 Å². The van der Waals surface area contributed by atoms with E-state index in [9.17, 15) is 9.59 Å². The van der Waals surface area contributed by atoms with Crippen LogP contribution in [0.15, 0.2) is 76.3 Å². The zero-order chi connectivity index (χ0) is 22.2. The Morgan fingerprint density at radius 2 is 1.84 bits per heavy atom. The highest BCUT2D eigenvalue weighted by atomic mass is 79.9. The maximum atomic E-state index is 12.5. The molecule has 6 nitrogen and oxygen atoms in total. The standard InChI is InChI=1S/C23H19BrClN3O3/c1-15-6-9-18(10-7-15)26-14-22(29)28-27-13-16-12-17(24)8-11-21(16)31-23(30)19-4-2-3-5-20(19)25/h2-13,26H,14H2,1H3,(H,28,29). The van der Waals surface area contributed by atoms with Gasteiger partial charge in [-0.1, -0.05) is 57.4 Å². The number of esters is 1. The Hall–Kier alpha value is -3.16. The molecule has 31 heavy (non-hydrogen) atoms. The summed E-state index contributed by atoms with van der Waals surface area (Å²) in [5.74, 6) is -0.626. The van der Waals surface area contributed by atoms with Crippen LogP contribution >= 0.6 is 27.5 Å². The summed E-state index contributed by atoms with van der Waals surface area (Å²) in [5.41, 5.74) is 5.18. The number of hydrazone groups is 1. The first-order chi connectivity index (χ1) is 14.9. The van der Waals surface area contributed by atoms with Crippen LogP contribution in [0.25, 0.3) is 0 Å². The highest BCUT2D eigenvalue weighted by molar-refractivity contribution is 9.10. The zero-order valence-corrected chi connectivity index (χ0v) is 18.9. The highest BCUT2D eigenvalue weighted by Gasteiger charge is 2.14. The largest absolute Gasteiger partial charge is 0.422 e. The van der Waals surface area contributed by atoms with E-state index in [0.717, 1.165) is 15.7 Å². The Labute approximate surface area is 193 Å². The number of ether oxygens (including phenoxy) is 1. The lowest BCUT2D eigenvalue weighted by Gasteiger charge is -2.09. The molecule has 0 fully saturated rings. The molecule has 1 amide bonds. The summed E-state index contributed by atoms with van der Waals surface area (Å²) in [4.78, 5) is 24.5. The minimum atomic E-state index is -0.589. The molecule has 0 aliphatic rings. The molecule has 0 radical (unpaired) electrons. The Morgan fingerprint density at radius 1 is 1.10 bits per heavy atom. The first kappa shape index (κ1) is 22.5. The molecule has 0 heterocycles. The molecule has 0 aliphatic heterocycles. The summed E-state index contributed by atoms with van der Waals surface area (Å²) in [6.45, 7) is 2.06. The van der Waals surface area contributed by atoms with Gasteiger partial charge in [0.2, 0.25) is 0 Å². The fraction of sp³-hybridized carbons (Fsp3) is 0.0870. The second-order valence-electron chi connectivity index (χ2n) is 6.56. The number of nitrogens with one attached hydrogen (secondary N) is 2. The van der Waals surface area contributed by atoms with E-state index in [0.29, 0.717) is 10.6 Å². The third-order valence-electron chi connectivity index (χ3n) is 4.17. The van der Waals surface area contributed by atoms with Gasteiger partial charge in [-0.25, -0.2) is 10.2 Å². The molecule has 3 rings (SSSR count). The Balaban J connectivity index is 1.62. The molecule has 0 atom stereocenters. The highest BCUT2D eigenvalue weighted by Crippen LogP contribution is 2.24. The number of benzene rings is 3. The Kier molecular flexibility index (Phi) is 7.81. The second kappa shape index (κ2) is 10.7. The normalized spacial score (nSPS) is 10.7. The topological polar surface area (TPSA) is 79.8 Å². The molecule has 158 valence electrons. The van der Waals surface area contributed by atoms with Crippen molar-refractivity contribution >= 4 is 51.3 Å². The van der Waals surface area contributed by atoms with Gasteiger partial charge < -0.3 is 10.1 Å². The van der Waals surface area contributed by atoms with Crippen LogP contribution in [0.3, 0.4) is 0 Å². The molecule has 8 heteroatoms. The third-order valence-corrected chi connectivity index (χ3v) is 4.99. The van der Waals surface area contributed by atoms with Gasteiger partial charge in [0.25, 0.3) is 5.91 Å². The van der Waals surface area contributed by atoms with Gasteiger partial charge in [0.15, 0.2) is 0 Å². The number of aryl methyl sites for hydroxylation is 1. The molecule has 0 aliphatic carbocycles. The van der Waals surface area contributed by atoms with E-state index in [1.807, 2.05) is 31.2 Å². The number of halogens is 2. The van der Waals surface area contributed by atoms with Crippen LogP contribution in [0.4, 0.5) is 5.69 Å². The quantitative estimate of drug-likeness (QED) is 0.202. The average Bonchev–Trinajstić information content (AvgIpc) is 2.75. The van der Waals surface area contributed by atoms with Gasteiger partial charge in [0.05, 0.1) is 23.3 Å². The van der Waals surface area contributed by atoms with Crippen LogP contribution in [0.2, 0.25) is 5.02 Å². The van der Waals surface area contributed by atoms with E-state index in [1.54, 1.807) is 42.5 Å². The van der Waals surface area contributed by atoms with Gasteiger partial charge >= 0.3 is 5.97 Å². The third kappa shape index (κ3) is 6.67. The Morgan fingerprint density at radius 3 is 2.58 bits per heavy atom. The van der Waals surface area contributed by atoms with Crippen molar-refractivity contribution in [1.29, 1.82) is 0 Å². The van der Waals surface area contributed by atoms with Crippen molar-refractivity contribution in [3.63, 3.8) is 0 Å². The SMILES string of the molecule is Cc1ccc(NCC(=O)NN=Cc2cc(Br)ccc2OC(=O)c2ccccc2Cl)cc1. The molecular formula is C23H19BrClN3O3. The van der Waals surface area contributed by atoms with Crippen molar-refractivity contribution in [2.75, 3.05) is 11.9 Å². The van der Waals surface area contributed by atoms with Crippen molar-refractivity contribution in [3.05, 3.63) is 92.9 Å². The molecular weight excluding hydrogens is 482 g/mol. The van der Waals surface area contributed by atoms with Gasteiger partial charge in [-0.3, -0.25) is 4.79 Å². The number of hydrogen-bond acceptors (Lipinski definition) is 5. The van der Waals surface area contributed by atoms with Crippen LogP contribution in [0.5, 0.6) is 5.75 Å². The summed E-state index contributed by atoms with van der Waals surface area (Å²) in [6.07, 6.45) is 1.41. The van der Waals surface area contributed by atoms with E-state index in [-0.39, 0.29) is 23.8 Å². The molecule has 0 unspecified atom stereocenters. The maximum Gasteiger partial charge on any atom is 0.345 e. The number of amides is 1. The van der Waals surface area contributed by atoms with Crippen molar-refractivity contribution < 1.29 is 14.3 Å². The van der Waals surface area contributed by atoms with E-state index in [4.69, 9.17) is 16.3 Å². The van der Waals surface area contributed by atoms with Crippen molar-refractivity contribution in [3.8, 4) is 5.75 Å². The zero-order valence-electron chi connectivity index (χ0n) is 16.6.